The first-order valence-electron chi connectivity index (χ1n) is 9.75. The fourth-order valence-corrected chi connectivity index (χ4v) is 3.20. The van der Waals surface area contributed by atoms with Crippen molar-refractivity contribution in [1.82, 2.24) is 10.6 Å². The van der Waals surface area contributed by atoms with Crippen LogP contribution in [0.25, 0.3) is 0 Å². The summed E-state index contributed by atoms with van der Waals surface area (Å²) in [5, 5.41) is 5.13. The lowest BCUT2D eigenvalue weighted by Crippen LogP contribution is -2.47. The number of carbonyl (C=O) groups excluding carboxylic acids is 3. The molecule has 1 atom stereocenters. The van der Waals surface area contributed by atoms with Crippen molar-refractivity contribution in [3.05, 3.63) is 64.8 Å². The van der Waals surface area contributed by atoms with Crippen molar-refractivity contribution in [2.24, 2.45) is 0 Å². The Hall–Kier alpha value is -3.75. The number of hydrogen-bond acceptors (Lipinski definition) is 7. The van der Waals surface area contributed by atoms with Gasteiger partial charge in [-0.25, -0.2) is 14.4 Å². The summed E-state index contributed by atoms with van der Waals surface area (Å²) >= 11 is 0. The van der Waals surface area contributed by atoms with Crippen LogP contribution in [0, 0.1) is 13.8 Å². The molecule has 2 aromatic rings. The normalized spacial score (nSPS) is 15.7. The van der Waals surface area contributed by atoms with Crippen LogP contribution in [0.2, 0.25) is 0 Å². The van der Waals surface area contributed by atoms with E-state index in [9.17, 15) is 14.4 Å². The van der Waals surface area contributed by atoms with Gasteiger partial charge in [0.2, 0.25) is 0 Å². The fourth-order valence-electron chi connectivity index (χ4n) is 3.20. The van der Waals surface area contributed by atoms with Crippen molar-refractivity contribution in [2.45, 2.75) is 26.8 Å². The fraction of sp³-hybridized carbons (Fsp3) is 0.318. The average molecular weight is 428 g/mol. The minimum atomic E-state index is -0.872. The van der Waals surface area contributed by atoms with Crippen LogP contribution in [0.4, 0.5) is 4.79 Å². The Morgan fingerprint density at radius 3 is 2.52 bits per heavy atom. The molecule has 1 aromatic carbocycles. The van der Waals surface area contributed by atoms with Crippen molar-refractivity contribution < 1.29 is 33.0 Å². The van der Waals surface area contributed by atoms with E-state index in [0.717, 1.165) is 11.1 Å². The Balaban J connectivity index is 1.72. The number of esters is 2. The lowest BCUT2D eigenvalue weighted by Gasteiger charge is -2.27. The van der Waals surface area contributed by atoms with Crippen molar-refractivity contribution in [3.8, 4) is 5.75 Å². The zero-order valence-electron chi connectivity index (χ0n) is 17.5. The van der Waals surface area contributed by atoms with Gasteiger partial charge in [0.25, 0.3) is 0 Å². The number of ether oxygens (including phenoxy) is 3. The second-order valence-electron chi connectivity index (χ2n) is 6.93. The molecular weight excluding hydrogens is 404 g/mol. The van der Waals surface area contributed by atoms with E-state index in [1.807, 2.05) is 32.0 Å². The maximum atomic E-state index is 12.6. The van der Waals surface area contributed by atoms with Gasteiger partial charge in [0.15, 0.2) is 6.61 Å². The molecule has 1 aromatic heterocycles. The SMILES string of the molecule is CCOC(=O)C1=C(COC(=O)COc2cc(C)cc(C)c2)NC(=O)NC1c1ccco1. The number of amides is 2. The van der Waals surface area contributed by atoms with Crippen molar-refractivity contribution in [2.75, 3.05) is 19.8 Å². The number of urea groups is 1. The van der Waals surface area contributed by atoms with E-state index in [0.29, 0.717) is 11.5 Å². The summed E-state index contributed by atoms with van der Waals surface area (Å²) in [7, 11) is 0. The van der Waals surface area contributed by atoms with E-state index in [1.165, 1.54) is 6.26 Å². The number of hydrogen-bond donors (Lipinski definition) is 2. The van der Waals surface area contributed by atoms with Crippen LogP contribution in [-0.2, 0) is 19.1 Å². The minimum Gasteiger partial charge on any atom is -0.482 e. The summed E-state index contributed by atoms with van der Waals surface area (Å²) in [5.74, 6) is -0.417. The van der Waals surface area contributed by atoms with Gasteiger partial charge in [0, 0.05) is 0 Å². The minimum absolute atomic E-state index is 0.0967. The maximum Gasteiger partial charge on any atom is 0.344 e. The first kappa shape index (κ1) is 21.9. The number of rotatable bonds is 8. The van der Waals surface area contributed by atoms with Gasteiger partial charge < -0.3 is 29.3 Å². The van der Waals surface area contributed by atoms with Crippen LogP contribution in [0.3, 0.4) is 0 Å². The summed E-state index contributed by atoms with van der Waals surface area (Å²) in [6.45, 7) is 5.00. The van der Waals surface area contributed by atoms with Gasteiger partial charge >= 0.3 is 18.0 Å². The molecule has 9 nitrogen and oxygen atoms in total. The van der Waals surface area contributed by atoms with Gasteiger partial charge in [-0.05, 0) is 56.2 Å². The van der Waals surface area contributed by atoms with Crippen LogP contribution < -0.4 is 15.4 Å². The van der Waals surface area contributed by atoms with Crippen LogP contribution in [0.1, 0.15) is 29.9 Å². The van der Waals surface area contributed by atoms with E-state index in [1.54, 1.807) is 19.1 Å². The van der Waals surface area contributed by atoms with Crippen LogP contribution in [0.15, 0.2) is 52.3 Å². The highest BCUT2D eigenvalue weighted by Gasteiger charge is 2.35. The molecule has 0 bridgehead atoms. The number of nitrogens with one attached hydrogen (secondary N) is 2. The zero-order valence-corrected chi connectivity index (χ0v) is 17.5. The highest BCUT2D eigenvalue weighted by Crippen LogP contribution is 2.28. The zero-order chi connectivity index (χ0) is 22.4. The summed E-state index contributed by atoms with van der Waals surface area (Å²) in [6.07, 6.45) is 1.43. The maximum absolute atomic E-state index is 12.6. The quantitative estimate of drug-likeness (QED) is 0.621. The molecule has 164 valence electrons. The number of furan rings is 1. The molecule has 31 heavy (non-hydrogen) atoms. The molecular formula is C22H24N2O7. The first-order chi connectivity index (χ1) is 14.9. The predicted molar refractivity (Wildman–Crippen MR) is 109 cm³/mol. The smallest absolute Gasteiger partial charge is 0.344 e. The van der Waals surface area contributed by atoms with Crippen molar-refractivity contribution in [1.29, 1.82) is 0 Å². The largest absolute Gasteiger partial charge is 0.482 e. The summed E-state index contributed by atoms with van der Waals surface area (Å²) < 4.78 is 21.2. The van der Waals surface area contributed by atoms with Crippen LogP contribution >= 0.6 is 0 Å². The third kappa shape index (κ3) is 5.65. The summed E-state index contributed by atoms with van der Waals surface area (Å²) in [6, 6.07) is 7.43. The number of aryl methyl sites for hydroxylation is 2. The third-order valence-corrected chi connectivity index (χ3v) is 4.41. The Morgan fingerprint density at radius 1 is 1.13 bits per heavy atom. The molecule has 1 aliphatic rings. The molecule has 0 saturated carbocycles. The van der Waals surface area contributed by atoms with Crippen molar-refractivity contribution in [3.63, 3.8) is 0 Å². The van der Waals surface area contributed by atoms with E-state index in [-0.39, 0.29) is 31.1 Å². The molecule has 2 N–H and O–H groups in total. The first-order valence-corrected chi connectivity index (χ1v) is 9.75. The van der Waals surface area contributed by atoms with E-state index in [2.05, 4.69) is 10.6 Å². The van der Waals surface area contributed by atoms with Gasteiger partial charge in [-0.3, -0.25) is 0 Å². The lowest BCUT2D eigenvalue weighted by molar-refractivity contribution is -0.145. The number of carbonyl (C=O) groups is 3. The summed E-state index contributed by atoms with van der Waals surface area (Å²) in [4.78, 5) is 36.9. The molecule has 0 saturated heterocycles. The molecule has 0 radical (unpaired) electrons. The van der Waals surface area contributed by atoms with Gasteiger partial charge in [-0.1, -0.05) is 6.07 Å². The van der Waals surface area contributed by atoms with E-state index in [4.69, 9.17) is 18.6 Å². The van der Waals surface area contributed by atoms with Gasteiger partial charge in [-0.15, -0.1) is 0 Å². The van der Waals surface area contributed by atoms with Crippen molar-refractivity contribution >= 4 is 18.0 Å². The number of benzene rings is 1. The predicted octanol–water partition coefficient (Wildman–Crippen LogP) is 2.69. The molecule has 9 heteroatoms. The van der Waals surface area contributed by atoms with Gasteiger partial charge in [0.1, 0.15) is 24.2 Å². The lowest BCUT2D eigenvalue weighted by atomic mass is 10.0. The topological polar surface area (TPSA) is 116 Å². The van der Waals surface area contributed by atoms with Crippen LogP contribution in [-0.4, -0.2) is 37.8 Å². The Morgan fingerprint density at radius 2 is 1.87 bits per heavy atom. The standard InChI is InChI=1S/C22H24N2O7/c1-4-28-21(26)19-16(23-22(27)24-20(19)17-6-5-7-29-17)11-31-18(25)12-30-15-9-13(2)8-14(3)10-15/h5-10,20H,4,11-12H2,1-3H3,(H2,23,24,27). The second kappa shape index (κ2) is 9.84. The Labute approximate surface area is 179 Å². The van der Waals surface area contributed by atoms with Gasteiger partial charge in [0.05, 0.1) is 24.1 Å². The molecule has 2 amide bonds. The summed E-state index contributed by atoms with van der Waals surface area (Å²) in [5.41, 5.74) is 2.23. The molecule has 1 unspecified atom stereocenters. The third-order valence-electron chi connectivity index (χ3n) is 4.41. The second-order valence-corrected chi connectivity index (χ2v) is 6.93. The average Bonchev–Trinajstić information content (AvgIpc) is 3.24. The molecule has 1 aliphatic heterocycles. The highest BCUT2D eigenvalue weighted by atomic mass is 16.6. The highest BCUT2D eigenvalue weighted by molar-refractivity contribution is 5.95. The molecule has 0 aliphatic carbocycles. The van der Waals surface area contributed by atoms with Gasteiger partial charge in [-0.2, -0.15) is 0 Å². The van der Waals surface area contributed by atoms with E-state index < -0.39 is 24.0 Å². The Bertz CT molecular complexity index is 975. The molecule has 0 spiro atoms. The van der Waals surface area contributed by atoms with Crippen LogP contribution in [0.5, 0.6) is 5.75 Å². The molecule has 2 heterocycles. The molecule has 3 rings (SSSR count). The molecule has 0 fully saturated rings. The van der Waals surface area contributed by atoms with E-state index >= 15 is 0 Å². The Kier molecular flexibility index (Phi) is 6.96. The monoisotopic (exact) mass is 428 g/mol.